The van der Waals surface area contributed by atoms with E-state index in [-0.39, 0.29) is 0 Å². The van der Waals surface area contributed by atoms with E-state index in [0.717, 1.165) is 64.5 Å². The van der Waals surface area contributed by atoms with Crippen LogP contribution in [0.4, 0.5) is 5.69 Å². The summed E-state index contributed by atoms with van der Waals surface area (Å²) in [6.07, 6.45) is 5.37. The van der Waals surface area contributed by atoms with Gasteiger partial charge in [0.1, 0.15) is 5.03 Å². The molecule has 3 nitrogen and oxygen atoms in total. The number of aliphatic imine (C=N–C) groups is 1. The third-order valence-electron chi connectivity index (χ3n) is 4.46. The minimum atomic E-state index is 0.728. The molecule has 29 heavy (non-hydrogen) atoms. The van der Waals surface area contributed by atoms with Crippen molar-refractivity contribution in [1.82, 2.24) is 4.31 Å². The van der Waals surface area contributed by atoms with E-state index in [9.17, 15) is 0 Å². The lowest BCUT2D eigenvalue weighted by Gasteiger charge is -2.20. The molecule has 6 heteroatoms. The number of rotatable bonds is 8. The fraction of sp³-hybridized carbons (Fsp3) is 0.304. The number of thiocarbonyl (C=S) groups is 1. The largest absolute Gasteiger partial charge is 0.287 e. The normalized spacial score (nSPS) is 16.2. The highest BCUT2D eigenvalue weighted by atomic mass is 35.5. The van der Waals surface area contributed by atoms with E-state index < -0.39 is 0 Å². The fourth-order valence-electron chi connectivity index (χ4n) is 2.96. The predicted octanol–water partition coefficient (Wildman–Crippen LogP) is 6.94. The van der Waals surface area contributed by atoms with Crippen molar-refractivity contribution in [3.63, 3.8) is 0 Å². The van der Waals surface area contributed by atoms with Gasteiger partial charge in [-0.1, -0.05) is 62.2 Å². The van der Waals surface area contributed by atoms with Gasteiger partial charge in [0.05, 0.1) is 5.71 Å². The third kappa shape index (κ3) is 5.62. The molecule has 0 saturated carbocycles. The van der Waals surface area contributed by atoms with Crippen molar-refractivity contribution in [3.05, 3.63) is 76.3 Å². The summed E-state index contributed by atoms with van der Waals surface area (Å²) in [6, 6.07) is 18.2. The maximum Gasteiger partial charge on any atom is 0.191 e. The van der Waals surface area contributed by atoms with E-state index in [1.165, 1.54) is 0 Å². The molecule has 1 aliphatic heterocycles. The van der Waals surface area contributed by atoms with Gasteiger partial charge in [-0.2, -0.15) is 0 Å². The van der Waals surface area contributed by atoms with Crippen molar-refractivity contribution >= 4 is 52.3 Å². The van der Waals surface area contributed by atoms with Crippen molar-refractivity contribution in [3.8, 4) is 0 Å². The molecule has 0 aliphatic carbocycles. The highest BCUT2D eigenvalue weighted by molar-refractivity contribution is 8.03. The van der Waals surface area contributed by atoms with Gasteiger partial charge in [-0.3, -0.25) is 14.2 Å². The first kappa shape index (κ1) is 21.9. The molecular formula is C23H26ClN3S2. The zero-order valence-electron chi connectivity index (χ0n) is 16.8. The summed E-state index contributed by atoms with van der Waals surface area (Å²) < 4.78 is 2.18. The molecule has 0 unspecified atom stereocenters. The van der Waals surface area contributed by atoms with Gasteiger partial charge in [0.15, 0.2) is 5.11 Å². The number of para-hydroxylation sites is 1. The van der Waals surface area contributed by atoms with Crippen LogP contribution in [0.3, 0.4) is 0 Å². The molecule has 0 amide bonds. The van der Waals surface area contributed by atoms with Crippen molar-refractivity contribution in [2.45, 2.75) is 33.1 Å². The second-order valence-corrected chi connectivity index (χ2v) is 8.60. The monoisotopic (exact) mass is 443 g/mol. The Morgan fingerprint density at radius 2 is 1.79 bits per heavy atom. The van der Waals surface area contributed by atoms with Crippen LogP contribution in [-0.2, 0) is 0 Å². The Morgan fingerprint density at radius 3 is 2.45 bits per heavy atom. The highest BCUT2D eigenvalue weighted by Gasteiger charge is 2.32. The maximum absolute atomic E-state index is 6.10. The number of hydrogen-bond acceptors (Lipinski definition) is 3. The zero-order chi connectivity index (χ0) is 20.6. The smallest absolute Gasteiger partial charge is 0.191 e. The molecule has 0 radical (unpaired) electrons. The predicted molar refractivity (Wildman–Crippen MR) is 132 cm³/mol. The van der Waals surface area contributed by atoms with Crippen molar-refractivity contribution in [2.24, 2.45) is 4.99 Å². The van der Waals surface area contributed by atoms with Crippen LogP contribution in [0.15, 0.2) is 70.7 Å². The Balaban J connectivity index is 2.01. The summed E-state index contributed by atoms with van der Waals surface area (Å²) in [7, 11) is 0. The van der Waals surface area contributed by atoms with Crippen LogP contribution >= 0.6 is 35.8 Å². The summed E-state index contributed by atoms with van der Waals surface area (Å²) >= 11 is 13.6. The zero-order valence-corrected chi connectivity index (χ0v) is 19.2. The molecule has 2 aromatic carbocycles. The summed E-state index contributed by atoms with van der Waals surface area (Å²) in [5.74, 6) is 0. The summed E-state index contributed by atoms with van der Waals surface area (Å²) in [6.45, 7) is 6.06. The van der Waals surface area contributed by atoms with Crippen LogP contribution in [0.2, 0.25) is 5.02 Å². The van der Waals surface area contributed by atoms with Crippen molar-refractivity contribution in [2.75, 3.05) is 18.0 Å². The lowest BCUT2D eigenvalue weighted by Crippen LogP contribution is -2.30. The Labute approximate surface area is 188 Å². The number of unbranched alkanes of at least 4 members (excludes halogenated alkanes) is 1. The average molecular weight is 444 g/mol. The number of allylic oxidation sites excluding steroid dienone is 1. The Kier molecular flexibility index (Phi) is 8.16. The second kappa shape index (κ2) is 10.8. The van der Waals surface area contributed by atoms with E-state index in [2.05, 4.69) is 41.3 Å². The topological polar surface area (TPSA) is 18.8 Å². The molecule has 0 spiro atoms. The molecule has 0 bridgehead atoms. The maximum atomic E-state index is 6.10. The molecule has 1 heterocycles. The number of benzene rings is 2. The van der Waals surface area contributed by atoms with Gasteiger partial charge in [-0.25, -0.2) is 0 Å². The van der Waals surface area contributed by atoms with E-state index in [1.807, 2.05) is 42.5 Å². The summed E-state index contributed by atoms with van der Waals surface area (Å²) in [4.78, 5) is 7.04. The van der Waals surface area contributed by atoms with Crippen LogP contribution in [0.1, 0.15) is 38.7 Å². The van der Waals surface area contributed by atoms with Crippen LogP contribution in [0, 0.1) is 0 Å². The van der Waals surface area contributed by atoms with Gasteiger partial charge >= 0.3 is 0 Å². The van der Waals surface area contributed by atoms with Crippen LogP contribution in [0.25, 0.3) is 0 Å². The fourth-order valence-corrected chi connectivity index (χ4v) is 4.65. The lowest BCUT2D eigenvalue weighted by atomic mass is 10.1. The van der Waals surface area contributed by atoms with Gasteiger partial charge in [0.25, 0.3) is 0 Å². The van der Waals surface area contributed by atoms with Crippen LogP contribution in [-0.4, -0.2) is 28.2 Å². The molecule has 0 N–H and O–H groups in total. The summed E-state index contributed by atoms with van der Waals surface area (Å²) in [5, 5.41) is 2.61. The number of anilines is 1. The highest BCUT2D eigenvalue weighted by Crippen LogP contribution is 2.38. The molecule has 0 aromatic heterocycles. The molecule has 2 aromatic rings. The number of hydrogen-bond donors (Lipinski definition) is 0. The molecule has 0 atom stereocenters. The van der Waals surface area contributed by atoms with Gasteiger partial charge in [0, 0.05) is 35.7 Å². The second-order valence-electron chi connectivity index (χ2n) is 6.76. The molecule has 1 aliphatic rings. The Hall–Kier alpha value is -1.82. The van der Waals surface area contributed by atoms with Gasteiger partial charge in [0.2, 0.25) is 0 Å². The van der Waals surface area contributed by atoms with E-state index in [4.69, 9.17) is 28.8 Å². The average Bonchev–Trinajstić information content (AvgIpc) is 3.04. The Bertz CT molecular complexity index is 879. The van der Waals surface area contributed by atoms with E-state index >= 15 is 0 Å². The molecule has 3 rings (SSSR count). The molecule has 1 saturated heterocycles. The Morgan fingerprint density at radius 1 is 1.07 bits per heavy atom. The quantitative estimate of drug-likeness (QED) is 0.190. The summed E-state index contributed by atoms with van der Waals surface area (Å²) in [5.41, 5.74) is 3.09. The van der Waals surface area contributed by atoms with Gasteiger partial charge < -0.3 is 0 Å². The van der Waals surface area contributed by atoms with E-state index in [0.29, 0.717) is 0 Å². The minimum Gasteiger partial charge on any atom is -0.287 e. The molecule has 152 valence electrons. The number of nitrogens with zero attached hydrogens (tertiary/aromatic N) is 3. The standard InChI is InChI=1S/C23H26ClN3S2/c1-3-5-15-25-21(18-11-13-19(24)14-12-18)17-22-27(20-9-7-6-8-10-20)23(28)26(29-22)16-4-2/h6-14,17H,3-5,15-16H2,1-2H3. The first-order chi connectivity index (χ1) is 14.1. The minimum absolute atomic E-state index is 0.728. The lowest BCUT2D eigenvalue weighted by molar-refractivity contribution is 0.666. The van der Waals surface area contributed by atoms with Crippen LogP contribution < -0.4 is 4.90 Å². The van der Waals surface area contributed by atoms with Crippen LogP contribution in [0.5, 0.6) is 0 Å². The van der Waals surface area contributed by atoms with Crippen molar-refractivity contribution in [1.29, 1.82) is 0 Å². The van der Waals surface area contributed by atoms with E-state index in [1.54, 1.807) is 11.9 Å². The molecular weight excluding hydrogens is 418 g/mol. The first-order valence-electron chi connectivity index (χ1n) is 10.0. The SMILES string of the molecule is CCCCN=C(C=C1SN(CCC)C(=S)N1c1ccccc1)c1ccc(Cl)cc1. The third-order valence-corrected chi connectivity index (χ3v) is 6.30. The molecule has 1 fully saturated rings. The first-order valence-corrected chi connectivity index (χ1v) is 11.6. The number of halogens is 1. The van der Waals surface area contributed by atoms with Gasteiger partial charge in [-0.15, -0.1) is 0 Å². The van der Waals surface area contributed by atoms with Crippen molar-refractivity contribution < 1.29 is 0 Å². The van der Waals surface area contributed by atoms with Gasteiger partial charge in [-0.05, 0) is 61.0 Å².